The molecule has 0 aromatic carbocycles. The first kappa shape index (κ1) is 20.2. The molecule has 1 saturated heterocycles. The zero-order valence-corrected chi connectivity index (χ0v) is 18.4. The van der Waals surface area contributed by atoms with Gasteiger partial charge in [-0.15, -0.1) is 16.4 Å². The minimum atomic E-state index is -1.06. The van der Waals surface area contributed by atoms with Gasteiger partial charge in [0.15, 0.2) is 0 Å². The number of aliphatic hydroxyl groups excluding tert-OH is 1. The Bertz CT molecular complexity index is 947. The molecule has 3 heterocycles. The highest BCUT2D eigenvalue weighted by Crippen LogP contribution is 2.42. The van der Waals surface area contributed by atoms with Crippen molar-refractivity contribution in [3.63, 3.8) is 0 Å². The van der Waals surface area contributed by atoms with E-state index in [1.807, 2.05) is 4.90 Å². The molecule has 2 N–H and O–H groups in total. The molecular formula is C22H30N4O3S. The Hall–Kier alpha value is -1.77. The topological polar surface area (TPSA) is 91.5 Å². The summed E-state index contributed by atoms with van der Waals surface area (Å²) in [6.07, 6.45) is 7.19. The lowest BCUT2D eigenvalue weighted by atomic mass is 9.77. The summed E-state index contributed by atoms with van der Waals surface area (Å²) in [6.45, 7) is 4.82. The summed E-state index contributed by atoms with van der Waals surface area (Å²) in [6, 6.07) is -0.168. The van der Waals surface area contributed by atoms with Crippen LogP contribution in [0.1, 0.15) is 72.1 Å². The molecule has 4 atom stereocenters. The summed E-state index contributed by atoms with van der Waals surface area (Å²) >= 11 is 1.74. The predicted molar refractivity (Wildman–Crippen MR) is 113 cm³/mol. The normalized spacial score (nSPS) is 29.0. The number of thiophene rings is 1. The molecular weight excluding hydrogens is 400 g/mol. The first-order valence-corrected chi connectivity index (χ1v) is 11.9. The fourth-order valence-corrected chi connectivity index (χ4v) is 6.54. The van der Waals surface area contributed by atoms with E-state index in [2.05, 4.69) is 15.7 Å². The van der Waals surface area contributed by atoms with Crippen LogP contribution in [0.15, 0.2) is 11.6 Å². The zero-order valence-electron chi connectivity index (χ0n) is 17.6. The second-order valence-corrected chi connectivity index (χ2v) is 10.7. The molecule has 7 nitrogen and oxygen atoms in total. The van der Waals surface area contributed by atoms with Gasteiger partial charge in [-0.25, -0.2) is 4.68 Å². The van der Waals surface area contributed by atoms with Crippen LogP contribution < -0.4 is 0 Å². The van der Waals surface area contributed by atoms with E-state index in [0.717, 1.165) is 37.9 Å². The standard InChI is InChI=1S/C22H30N4O3S/c1-22(2,29)20-11-26(24-23-20)17-7-13-9-25(10-14(13)8-18(17)27)21(28)16-12-30-19-6-4-3-5-15(16)19/h11-14,17-18,27,29H,3-10H2,1-2H3/t13-,14+,17-,18-/m1/s1. The molecule has 3 aliphatic rings. The minimum absolute atomic E-state index is 0.167. The van der Waals surface area contributed by atoms with Crippen molar-refractivity contribution in [1.82, 2.24) is 19.9 Å². The third-order valence-corrected chi connectivity index (χ3v) is 8.25. The van der Waals surface area contributed by atoms with Gasteiger partial charge in [0.1, 0.15) is 11.3 Å². The van der Waals surface area contributed by atoms with Crippen molar-refractivity contribution < 1.29 is 15.0 Å². The van der Waals surface area contributed by atoms with Gasteiger partial charge in [0, 0.05) is 23.3 Å². The first-order valence-electron chi connectivity index (χ1n) is 11.0. The van der Waals surface area contributed by atoms with Crippen molar-refractivity contribution >= 4 is 17.2 Å². The molecule has 30 heavy (non-hydrogen) atoms. The van der Waals surface area contributed by atoms with Crippen molar-refractivity contribution in [2.24, 2.45) is 11.8 Å². The third-order valence-electron chi connectivity index (χ3n) is 7.16. The quantitative estimate of drug-likeness (QED) is 0.781. The molecule has 2 aromatic heterocycles. The molecule has 1 amide bonds. The van der Waals surface area contributed by atoms with E-state index in [4.69, 9.17) is 0 Å². The molecule has 0 spiro atoms. The Morgan fingerprint density at radius 3 is 2.67 bits per heavy atom. The van der Waals surface area contributed by atoms with E-state index >= 15 is 0 Å². The van der Waals surface area contributed by atoms with Crippen LogP contribution in [-0.4, -0.2) is 55.2 Å². The summed E-state index contributed by atoms with van der Waals surface area (Å²) in [4.78, 5) is 16.7. The Morgan fingerprint density at radius 1 is 1.20 bits per heavy atom. The van der Waals surface area contributed by atoms with Crippen LogP contribution in [0.3, 0.4) is 0 Å². The molecule has 0 radical (unpaired) electrons. The Labute approximate surface area is 180 Å². The van der Waals surface area contributed by atoms with Crippen molar-refractivity contribution in [2.45, 2.75) is 70.1 Å². The number of aromatic nitrogens is 3. The molecule has 2 fully saturated rings. The molecule has 2 aromatic rings. The maximum Gasteiger partial charge on any atom is 0.255 e. The number of carbonyl (C=O) groups excluding carboxylic acids is 1. The largest absolute Gasteiger partial charge is 0.391 e. The molecule has 162 valence electrons. The summed E-state index contributed by atoms with van der Waals surface area (Å²) in [5.41, 5.74) is 1.64. The highest BCUT2D eigenvalue weighted by Gasteiger charge is 2.44. The SMILES string of the molecule is CC(C)(O)c1cn([C@@H]2C[C@@H]3CN(C(=O)c4csc5c4CCCC5)C[C@@H]3C[C@H]2O)nn1. The van der Waals surface area contributed by atoms with Gasteiger partial charge in [-0.2, -0.15) is 0 Å². The van der Waals surface area contributed by atoms with E-state index in [9.17, 15) is 15.0 Å². The molecule has 1 saturated carbocycles. The Kier molecular flexibility index (Phi) is 4.99. The predicted octanol–water partition coefficient (Wildman–Crippen LogP) is 2.53. The summed E-state index contributed by atoms with van der Waals surface area (Å²) in [7, 11) is 0. The monoisotopic (exact) mass is 430 g/mol. The number of aliphatic hydroxyl groups is 2. The lowest BCUT2D eigenvalue weighted by Crippen LogP contribution is -2.36. The number of aryl methyl sites for hydroxylation is 1. The van der Waals surface area contributed by atoms with Gasteiger partial charge in [-0.3, -0.25) is 4.79 Å². The van der Waals surface area contributed by atoms with E-state index in [-0.39, 0.29) is 11.9 Å². The van der Waals surface area contributed by atoms with Crippen LogP contribution in [-0.2, 0) is 18.4 Å². The average Bonchev–Trinajstić information content (AvgIpc) is 3.43. The van der Waals surface area contributed by atoms with Crippen molar-refractivity contribution in [3.8, 4) is 0 Å². The Balaban J connectivity index is 1.30. The lowest BCUT2D eigenvalue weighted by Gasteiger charge is -2.34. The van der Waals surface area contributed by atoms with E-state index in [1.165, 1.54) is 23.3 Å². The van der Waals surface area contributed by atoms with E-state index in [0.29, 0.717) is 24.0 Å². The highest BCUT2D eigenvalue weighted by molar-refractivity contribution is 7.10. The van der Waals surface area contributed by atoms with Crippen LogP contribution in [0, 0.1) is 11.8 Å². The minimum Gasteiger partial charge on any atom is -0.391 e. The summed E-state index contributed by atoms with van der Waals surface area (Å²) in [5, 5.41) is 31.3. The summed E-state index contributed by atoms with van der Waals surface area (Å²) < 4.78 is 1.70. The number of hydrogen-bond acceptors (Lipinski definition) is 6. The fraction of sp³-hybridized carbons (Fsp3) is 0.682. The summed E-state index contributed by atoms with van der Waals surface area (Å²) in [5.74, 6) is 0.846. The molecule has 8 heteroatoms. The maximum atomic E-state index is 13.3. The van der Waals surface area contributed by atoms with Gasteiger partial charge in [-0.05, 0) is 69.8 Å². The van der Waals surface area contributed by atoms with Crippen molar-refractivity contribution in [1.29, 1.82) is 0 Å². The number of carbonyl (C=O) groups is 1. The number of hydrogen-bond donors (Lipinski definition) is 2. The van der Waals surface area contributed by atoms with Gasteiger partial charge in [0.2, 0.25) is 0 Å². The third kappa shape index (κ3) is 3.48. The second-order valence-electron chi connectivity index (χ2n) is 9.74. The van der Waals surface area contributed by atoms with Gasteiger partial charge in [-0.1, -0.05) is 5.21 Å². The average molecular weight is 431 g/mol. The van der Waals surface area contributed by atoms with E-state index < -0.39 is 11.7 Å². The van der Waals surface area contributed by atoms with Crippen LogP contribution in [0.2, 0.25) is 0 Å². The van der Waals surface area contributed by atoms with Gasteiger partial charge >= 0.3 is 0 Å². The molecule has 5 rings (SSSR count). The van der Waals surface area contributed by atoms with Gasteiger partial charge in [0.25, 0.3) is 5.91 Å². The van der Waals surface area contributed by atoms with Crippen LogP contribution in [0.5, 0.6) is 0 Å². The van der Waals surface area contributed by atoms with Crippen molar-refractivity contribution in [2.75, 3.05) is 13.1 Å². The number of likely N-dealkylation sites (tertiary alicyclic amines) is 1. The van der Waals surface area contributed by atoms with Crippen molar-refractivity contribution in [3.05, 3.63) is 33.3 Å². The van der Waals surface area contributed by atoms with Gasteiger partial charge in [0.05, 0.1) is 23.9 Å². The first-order chi connectivity index (χ1) is 14.3. The molecule has 0 bridgehead atoms. The maximum absolute atomic E-state index is 13.3. The number of fused-ring (bicyclic) bond motifs is 2. The Morgan fingerprint density at radius 2 is 1.93 bits per heavy atom. The van der Waals surface area contributed by atoms with Gasteiger partial charge < -0.3 is 15.1 Å². The second kappa shape index (κ2) is 7.43. The smallest absolute Gasteiger partial charge is 0.255 e. The number of rotatable bonds is 3. The molecule has 0 unspecified atom stereocenters. The van der Waals surface area contributed by atoms with E-state index in [1.54, 1.807) is 36.1 Å². The number of nitrogens with zero attached hydrogens (tertiary/aromatic N) is 4. The van der Waals surface area contributed by atoms with Crippen LogP contribution >= 0.6 is 11.3 Å². The molecule has 1 aliphatic heterocycles. The van der Waals surface area contributed by atoms with Crippen LogP contribution in [0.4, 0.5) is 0 Å². The fourth-order valence-electron chi connectivity index (χ4n) is 5.42. The lowest BCUT2D eigenvalue weighted by molar-refractivity contribution is 0.0296. The number of amides is 1. The van der Waals surface area contributed by atoms with Crippen LogP contribution in [0.25, 0.3) is 0 Å². The zero-order chi connectivity index (χ0) is 21.0. The molecule has 2 aliphatic carbocycles. The highest BCUT2D eigenvalue weighted by atomic mass is 32.1.